The Balaban J connectivity index is 2.42. The van der Waals surface area contributed by atoms with Crippen LogP contribution in [-0.4, -0.2) is 18.9 Å². The molecule has 5 heteroatoms. The van der Waals surface area contributed by atoms with Gasteiger partial charge in [0.05, 0.1) is 10.6 Å². The van der Waals surface area contributed by atoms with E-state index in [9.17, 15) is 10.1 Å². The molecule has 2 N–H and O–H groups in total. The zero-order chi connectivity index (χ0) is 14.2. The number of nitrogens with two attached hydrogens (primary N) is 1. The van der Waals surface area contributed by atoms with Gasteiger partial charge in [-0.1, -0.05) is 20.8 Å². The number of anilines is 2. The molecule has 1 aliphatic heterocycles. The van der Waals surface area contributed by atoms with Gasteiger partial charge < -0.3 is 10.6 Å². The summed E-state index contributed by atoms with van der Waals surface area (Å²) in [5.74, 6) is 0.0173. The number of ketones is 1. The topological polar surface area (TPSA) is 70.1 Å². The molecule has 2 rings (SSSR count). The predicted molar refractivity (Wildman–Crippen MR) is 78.7 cm³/mol. The van der Waals surface area contributed by atoms with Crippen LogP contribution in [0.5, 0.6) is 0 Å². The van der Waals surface area contributed by atoms with E-state index in [0.717, 1.165) is 24.5 Å². The van der Waals surface area contributed by atoms with Crippen LogP contribution in [0.15, 0.2) is 0 Å². The quantitative estimate of drug-likeness (QED) is 0.862. The maximum Gasteiger partial charge on any atom is 0.174 e. The van der Waals surface area contributed by atoms with E-state index in [2.05, 4.69) is 24.8 Å². The number of nitriles is 1. The van der Waals surface area contributed by atoms with E-state index in [1.54, 1.807) is 0 Å². The number of nitrogens with zero attached hydrogens (tertiary/aromatic N) is 2. The summed E-state index contributed by atoms with van der Waals surface area (Å²) in [7, 11) is 0. The molecule has 1 aromatic heterocycles. The smallest absolute Gasteiger partial charge is 0.174 e. The lowest BCUT2D eigenvalue weighted by Crippen LogP contribution is -2.22. The highest BCUT2D eigenvalue weighted by molar-refractivity contribution is 7.19. The second-order valence-electron chi connectivity index (χ2n) is 5.75. The van der Waals surface area contributed by atoms with Crippen molar-refractivity contribution >= 4 is 27.8 Å². The average molecular weight is 277 g/mol. The normalized spacial score (nSPS) is 17.5. The SMILES string of the molecule is CCC(=O)c1sc(N2CCC(C)(C)C2)c(C#N)c1N. The van der Waals surface area contributed by atoms with Crippen molar-refractivity contribution in [2.45, 2.75) is 33.6 Å². The fourth-order valence-corrected chi connectivity index (χ4v) is 3.62. The van der Waals surface area contributed by atoms with Crippen molar-refractivity contribution in [3.05, 3.63) is 10.4 Å². The summed E-state index contributed by atoms with van der Waals surface area (Å²) < 4.78 is 0. The highest BCUT2D eigenvalue weighted by Gasteiger charge is 2.33. The van der Waals surface area contributed by atoms with E-state index in [-0.39, 0.29) is 11.2 Å². The van der Waals surface area contributed by atoms with Gasteiger partial charge >= 0.3 is 0 Å². The third-order valence-corrected chi connectivity index (χ3v) is 4.88. The second-order valence-corrected chi connectivity index (χ2v) is 6.75. The van der Waals surface area contributed by atoms with Crippen LogP contribution in [0.4, 0.5) is 10.7 Å². The first-order chi connectivity index (χ1) is 8.89. The van der Waals surface area contributed by atoms with Crippen molar-refractivity contribution in [2.75, 3.05) is 23.7 Å². The largest absolute Gasteiger partial charge is 0.396 e. The van der Waals surface area contributed by atoms with Crippen molar-refractivity contribution in [1.82, 2.24) is 0 Å². The minimum absolute atomic E-state index is 0.0173. The van der Waals surface area contributed by atoms with E-state index < -0.39 is 0 Å². The fraction of sp³-hybridized carbons (Fsp3) is 0.571. The maximum absolute atomic E-state index is 11.9. The molecule has 0 saturated carbocycles. The molecule has 0 unspecified atom stereocenters. The van der Waals surface area contributed by atoms with E-state index in [4.69, 9.17) is 5.73 Å². The monoisotopic (exact) mass is 277 g/mol. The number of Topliss-reactive ketones (excluding diaryl/α,β-unsaturated/α-hetero) is 1. The molecule has 0 radical (unpaired) electrons. The molecule has 102 valence electrons. The van der Waals surface area contributed by atoms with Crippen LogP contribution in [0.1, 0.15) is 48.8 Å². The van der Waals surface area contributed by atoms with Crippen molar-refractivity contribution < 1.29 is 4.79 Å². The van der Waals surface area contributed by atoms with Crippen molar-refractivity contribution in [2.24, 2.45) is 5.41 Å². The van der Waals surface area contributed by atoms with Crippen molar-refractivity contribution in [3.63, 3.8) is 0 Å². The first-order valence-electron chi connectivity index (χ1n) is 6.50. The van der Waals surface area contributed by atoms with Gasteiger partial charge in [0.15, 0.2) is 5.78 Å². The number of carbonyl (C=O) groups excluding carboxylic acids is 1. The summed E-state index contributed by atoms with van der Waals surface area (Å²) >= 11 is 1.37. The Labute approximate surface area is 117 Å². The Morgan fingerprint density at radius 2 is 2.26 bits per heavy atom. The lowest BCUT2D eigenvalue weighted by Gasteiger charge is -2.20. The van der Waals surface area contributed by atoms with Crippen LogP contribution >= 0.6 is 11.3 Å². The summed E-state index contributed by atoms with van der Waals surface area (Å²) in [5, 5.41) is 10.2. The Hall–Kier alpha value is -1.54. The molecule has 4 nitrogen and oxygen atoms in total. The number of thiophene rings is 1. The summed E-state index contributed by atoms with van der Waals surface area (Å²) in [5.41, 5.74) is 7.05. The van der Waals surface area contributed by atoms with E-state index in [1.807, 2.05) is 6.92 Å². The fourth-order valence-electron chi connectivity index (χ4n) is 2.42. The molecular weight excluding hydrogens is 258 g/mol. The summed E-state index contributed by atoms with van der Waals surface area (Å²) in [6.07, 6.45) is 1.51. The van der Waals surface area contributed by atoms with Crippen LogP contribution in [0, 0.1) is 16.7 Å². The van der Waals surface area contributed by atoms with Crippen LogP contribution in [0.2, 0.25) is 0 Å². The van der Waals surface area contributed by atoms with Gasteiger partial charge in [0.25, 0.3) is 0 Å². The highest BCUT2D eigenvalue weighted by atomic mass is 32.1. The number of nitrogen functional groups attached to an aromatic ring is 1. The molecule has 0 spiro atoms. The van der Waals surface area contributed by atoms with Gasteiger partial charge in [-0.05, 0) is 11.8 Å². The van der Waals surface area contributed by atoms with Gasteiger partial charge in [-0.3, -0.25) is 4.79 Å². The standard InChI is InChI=1S/C14H19N3OS/c1-4-10(18)12-11(16)9(7-15)13(19-12)17-6-5-14(2,3)8-17/h4-6,8,16H2,1-3H3. The van der Waals surface area contributed by atoms with Crippen molar-refractivity contribution in [1.29, 1.82) is 5.26 Å². The molecule has 0 aromatic carbocycles. The van der Waals surface area contributed by atoms with Crippen LogP contribution in [0.3, 0.4) is 0 Å². The molecule has 0 aliphatic carbocycles. The zero-order valence-corrected chi connectivity index (χ0v) is 12.4. The predicted octanol–water partition coefficient (Wildman–Crippen LogP) is 3.03. The number of carbonyl (C=O) groups is 1. The Bertz CT molecular complexity index is 554. The first kappa shape index (κ1) is 13.9. The maximum atomic E-state index is 11.9. The molecule has 1 saturated heterocycles. The van der Waals surface area contributed by atoms with E-state index in [1.165, 1.54) is 11.3 Å². The second kappa shape index (κ2) is 4.86. The Morgan fingerprint density at radius 1 is 1.58 bits per heavy atom. The van der Waals surface area contributed by atoms with Gasteiger partial charge in [0.1, 0.15) is 16.6 Å². The number of hydrogen-bond donors (Lipinski definition) is 1. The van der Waals surface area contributed by atoms with Gasteiger partial charge in [0.2, 0.25) is 0 Å². The molecule has 1 aromatic rings. The van der Waals surface area contributed by atoms with Crippen LogP contribution < -0.4 is 10.6 Å². The first-order valence-corrected chi connectivity index (χ1v) is 7.31. The molecule has 0 bridgehead atoms. The highest BCUT2D eigenvalue weighted by Crippen LogP contribution is 2.42. The molecule has 0 amide bonds. The number of hydrogen-bond acceptors (Lipinski definition) is 5. The lowest BCUT2D eigenvalue weighted by atomic mass is 9.93. The van der Waals surface area contributed by atoms with E-state index in [0.29, 0.717) is 22.5 Å². The van der Waals surface area contributed by atoms with Gasteiger partial charge in [-0.25, -0.2) is 0 Å². The van der Waals surface area contributed by atoms with E-state index >= 15 is 0 Å². The van der Waals surface area contributed by atoms with Crippen LogP contribution in [-0.2, 0) is 0 Å². The lowest BCUT2D eigenvalue weighted by molar-refractivity contribution is 0.0993. The minimum Gasteiger partial charge on any atom is -0.396 e. The molecule has 1 aliphatic rings. The number of rotatable bonds is 3. The Morgan fingerprint density at radius 3 is 2.74 bits per heavy atom. The third kappa shape index (κ3) is 2.45. The zero-order valence-electron chi connectivity index (χ0n) is 11.6. The Kier molecular flexibility index (Phi) is 3.55. The van der Waals surface area contributed by atoms with Crippen molar-refractivity contribution in [3.8, 4) is 6.07 Å². The molecular formula is C14H19N3OS. The molecule has 1 fully saturated rings. The molecule has 0 atom stereocenters. The summed E-state index contributed by atoms with van der Waals surface area (Å²) in [6, 6.07) is 2.16. The summed E-state index contributed by atoms with van der Waals surface area (Å²) in [4.78, 5) is 14.6. The minimum atomic E-state index is 0.0173. The molecule has 2 heterocycles. The van der Waals surface area contributed by atoms with Gasteiger partial charge in [0, 0.05) is 19.5 Å². The average Bonchev–Trinajstić information content (AvgIpc) is 2.88. The summed E-state index contributed by atoms with van der Waals surface area (Å²) in [6.45, 7) is 8.07. The van der Waals surface area contributed by atoms with Gasteiger partial charge in [-0.15, -0.1) is 11.3 Å². The van der Waals surface area contributed by atoms with Crippen LogP contribution in [0.25, 0.3) is 0 Å². The molecule has 19 heavy (non-hydrogen) atoms. The third-order valence-electron chi connectivity index (χ3n) is 3.58. The van der Waals surface area contributed by atoms with Gasteiger partial charge in [-0.2, -0.15) is 5.26 Å².